The molecule has 2 aliphatic carbocycles. The molecule has 2 aliphatic rings. The van der Waals surface area contributed by atoms with E-state index in [0.717, 1.165) is 6.42 Å². The normalized spacial score (nSPS) is 17.4. The summed E-state index contributed by atoms with van der Waals surface area (Å²) < 4.78 is 1.50. The molecule has 0 spiro atoms. The van der Waals surface area contributed by atoms with Gasteiger partial charge in [-0.3, -0.25) is 0 Å². The van der Waals surface area contributed by atoms with Crippen molar-refractivity contribution in [2.45, 2.75) is 12.3 Å². The van der Waals surface area contributed by atoms with Crippen molar-refractivity contribution in [3.8, 4) is 11.1 Å². The standard InChI is InChI=1S/C18H13.2ClH.Zr/c1-2-8-13(7-1)18-16-11-5-3-9-14(16)15-10-4-6-12-17(15)18;;;/h1-7,9-11,18H,8H2;2*1H;/q;;;+2/p-2. The summed E-state index contributed by atoms with van der Waals surface area (Å²) in [5.41, 5.74) is 7.46. The monoisotopic (exact) mass is 389 g/mol. The van der Waals surface area contributed by atoms with Gasteiger partial charge in [0.15, 0.2) is 0 Å². The molecular formula is C18H13Cl2Zr. The van der Waals surface area contributed by atoms with E-state index in [1.165, 1.54) is 44.7 Å². The molecule has 0 fully saturated rings. The third-order valence-corrected chi connectivity index (χ3v) is 5.20. The first-order valence-corrected chi connectivity index (χ1v) is 7.88. The zero-order valence-electron chi connectivity index (χ0n) is 11.3. The second kappa shape index (κ2) is 6.65. The molecule has 1 unspecified atom stereocenters. The van der Waals surface area contributed by atoms with Crippen molar-refractivity contribution in [3.63, 3.8) is 0 Å². The molecule has 2 aromatic rings. The van der Waals surface area contributed by atoms with E-state index in [-0.39, 0.29) is 24.8 Å². The maximum absolute atomic E-state index is 2.30. The molecule has 0 N–H and O–H groups in total. The van der Waals surface area contributed by atoms with Gasteiger partial charge in [0.25, 0.3) is 0 Å². The molecule has 0 saturated heterocycles. The van der Waals surface area contributed by atoms with E-state index in [4.69, 9.17) is 0 Å². The van der Waals surface area contributed by atoms with Crippen molar-refractivity contribution in [1.82, 2.24) is 0 Å². The summed E-state index contributed by atoms with van der Waals surface area (Å²) in [5, 5.41) is 0. The van der Waals surface area contributed by atoms with Crippen LogP contribution in [0.15, 0.2) is 66.3 Å². The van der Waals surface area contributed by atoms with Crippen LogP contribution in [-0.4, -0.2) is 0 Å². The summed E-state index contributed by atoms with van der Waals surface area (Å²) >= 11 is 1.51. The minimum atomic E-state index is 0. The molecule has 0 aliphatic heterocycles. The predicted octanol–water partition coefficient (Wildman–Crippen LogP) is -2.13. The van der Waals surface area contributed by atoms with Crippen LogP contribution < -0.4 is 28.1 Å². The van der Waals surface area contributed by atoms with Gasteiger partial charge >= 0.3 is 129 Å². The third-order valence-electron chi connectivity index (χ3n) is 4.13. The molecule has 0 saturated carbocycles. The average molecular weight is 391 g/mol. The van der Waals surface area contributed by atoms with Gasteiger partial charge in [0.05, 0.1) is 0 Å². The van der Waals surface area contributed by atoms with Gasteiger partial charge in [0.2, 0.25) is 0 Å². The summed E-state index contributed by atoms with van der Waals surface area (Å²) in [6.45, 7) is 0. The van der Waals surface area contributed by atoms with E-state index in [1.807, 2.05) is 0 Å². The van der Waals surface area contributed by atoms with Crippen molar-refractivity contribution in [2.24, 2.45) is 0 Å². The minimum absolute atomic E-state index is 0. The van der Waals surface area contributed by atoms with Gasteiger partial charge in [-0.05, 0) is 0 Å². The Labute approximate surface area is 153 Å². The Balaban J connectivity index is 0.000000807. The molecule has 2 aromatic carbocycles. The van der Waals surface area contributed by atoms with Crippen LogP contribution in [0.4, 0.5) is 0 Å². The van der Waals surface area contributed by atoms with Gasteiger partial charge in [-0.25, -0.2) is 0 Å². The van der Waals surface area contributed by atoms with Gasteiger partial charge in [0, 0.05) is 0 Å². The molecule has 4 rings (SSSR count). The summed E-state index contributed by atoms with van der Waals surface area (Å²) in [6, 6.07) is 15.7. The first-order chi connectivity index (χ1) is 9.36. The van der Waals surface area contributed by atoms with E-state index in [1.54, 1.807) is 11.1 Å². The Morgan fingerprint density at radius 1 is 0.905 bits per heavy atom. The summed E-state index contributed by atoms with van der Waals surface area (Å²) in [5.74, 6) is 0.483. The van der Waals surface area contributed by atoms with Gasteiger partial charge in [-0.1, -0.05) is 0 Å². The van der Waals surface area contributed by atoms with Gasteiger partial charge in [0.1, 0.15) is 0 Å². The topological polar surface area (TPSA) is 0 Å². The average Bonchev–Trinajstić information content (AvgIpc) is 3.04. The number of halogens is 2. The fraction of sp³-hybridized carbons (Fsp3) is 0.111. The van der Waals surface area contributed by atoms with E-state index < -0.39 is 0 Å². The first-order valence-electron chi connectivity index (χ1n) is 6.65. The Kier molecular flexibility index (Phi) is 5.30. The van der Waals surface area contributed by atoms with Crippen LogP contribution in [-0.2, 0) is 24.7 Å². The number of rotatable bonds is 1. The zero-order valence-corrected chi connectivity index (χ0v) is 15.3. The molecule has 0 heterocycles. The van der Waals surface area contributed by atoms with Crippen LogP contribution >= 0.6 is 0 Å². The molecular weight excluding hydrogens is 378 g/mol. The number of benzene rings is 2. The van der Waals surface area contributed by atoms with Gasteiger partial charge in [-0.15, -0.1) is 0 Å². The van der Waals surface area contributed by atoms with Crippen LogP contribution in [0.2, 0.25) is 0 Å². The quantitative estimate of drug-likeness (QED) is 0.521. The molecule has 3 heteroatoms. The number of allylic oxidation sites excluding steroid dienone is 4. The number of fused-ring (bicyclic) bond motifs is 3. The molecule has 0 bridgehead atoms. The van der Waals surface area contributed by atoms with Gasteiger partial charge in [-0.2, -0.15) is 0 Å². The second-order valence-corrected chi connectivity index (χ2v) is 6.49. The first kappa shape index (κ1) is 16.7. The van der Waals surface area contributed by atoms with Crippen molar-refractivity contribution in [2.75, 3.05) is 0 Å². The van der Waals surface area contributed by atoms with E-state index >= 15 is 0 Å². The Hall–Kier alpha value is -0.617. The third kappa shape index (κ3) is 2.61. The molecule has 0 nitrogen and oxygen atoms in total. The molecule has 0 aromatic heterocycles. The fourth-order valence-electron chi connectivity index (χ4n) is 3.32. The zero-order chi connectivity index (χ0) is 12.8. The molecule has 103 valence electrons. The molecule has 1 atom stereocenters. The predicted molar refractivity (Wildman–Crippen MR) is 75.2 cm³/mol. The van der Waals surface area contributed by atoms with Crippen LogP contribution in [0.3, 0.4) is 0 Å². The van der Waals surface area contributed by atoms with E-state index in [0.29, 0.717) is 5.92 Å². The summed E-state index contributed by atoms with van der Waals surface area (Å²) in [7, 11) is 0. The SMILES string of the molecule is [Cl-].[Cl-].[Zr+2][c]1cccc2c1C(C1=CC=CC1)c1ccccc1-2. The maximum atomic E-state index is 2.30. The van der Waals surface area contributed by atoms with Crippen molar-refractivity contribution in [1.29, 1.82) is 0 Å². The Morgan fingerprint density at radius 3 is 2.43 bits per heavy atom. The van der Waals surface area contributed by atoms with E-state index in [9.17, 15) is 0 Å². The van der Waals surface area contributed by atoms with Crippen LogP contribution in [0.5, 0.6) is 0 Å². The Morgan fingerprint density at radius 2 is 1.67 bits per heavy atom. The van der Waals surface area contributed by atoms with Crippen molar-refractivity contribution >= 4 is 3.27 Å². The number of hydrogen-bond acceptors (Lipinski definition) is 0. The molecule has 0 amide bonds. The molecule has 0 radical (unpaired) electrons. The fourth-order valence-corrected chi connectivity index (χ4v) is 4.25. The molecule has 21 heavy (non-hydrogen) atoms. The second-order valence-electron chi connectivity index (χ2n) is 5.16. The van der Waals surface area contributed by atoms with Crippen LogP contribution in [0.1, 0.15) is 23.5 Å². The summed E-state index contributed by atoms with van der Waals surface area (Å²) in [6.07, 6.45) is 7.87. The van der Waals surface area contributed by atoms with Crippen molar-refractivity contribution < 1.29 is 49.5 Å². The van der Waals surface area contributed by atoms with Crippen molar-refractivity contribution in [3.05, 3.63) is 77.4 Å². The Bertz CT molecular complexity index is 732. The summed E-state index contributed by atoms with van der Waals surface area (Å²) in [4.78, 5) is 0. The number of hydrogen-bond donors (Lipinski definition) is 0. The van der Waals surface area contributed by atoms with Gasteiger partial charge < -0.3 is 24.8 Å². The van der Waals surface area contributed by atoms with Crippen LogP contribution in [0, 0.1) is 0 Å². The van der Waals surface area contributed by atoms with Crippen LogP contribution in [0.25, 0.3) is 11.1 Å². The van der Waals surface area contributed by atoms with E-state index in [2.05, 4.69) is 60.7 Å².